The second kappa shape index (κ2) is 20.9. The van der Waals surface area contributed by atoms with E-state index in [0.29, 0.717) is 36.8 Å². The minimum absolute atomic E-state index is 0.00557. The Bertz CT molecular complexity index is 2190. The molecular formula is C48H49N3O7S. The highest BCUT2D eigenvalue weighted by Gasteiger charge is 2.33. The van der Waals surface area contributed by atoms with Gasteiger partial charge in [-0.1, -0.05) is 152 Å². The van der Waals surface area contributed by atoms with Gasteiger partial charge in [-0.2, -0.15) is 0 Å². The first-order valence-electron chi connectivity index (χ1n) is 20.1. The number of aliphatic hydroxyl groups is 1. The summed E-state index contributed by atoms with van der Waals surface area (Å²) >= 11 is 1.53. The molecule has 59 heavy (non-hydrogen) atoms. The molecule has 6 aromatic rings. The summed E-state index contributed by atoms with van der Waals surface area (Å²) in [5.74, 6) is 0.939. The van der Waals surface area contributed by atoms with E-state index in [2.05, 4.69) is 29.6 Å². The molecule has 2 amide bonds. The third-order valence-electron chi connectivity index (χ3n) is 10.3. The number of hydrogen-bond acceptors (Lipinski definition) is 9. The molecule has 0 saturated carbocycles. The molecule has 1 aliphatic rings. The number of hydroxylamine groups is 1. The fraction of sp³-hybridized carbons (Fsp3) is 0.271. The fourth-order valence-corrected chi connectivity index (χ4v) is 7.93. The van der Waals surface area contributed by atoms with Crippen LogP contribution in [0.1, 0.15) is 79.6 Å². The molecule has 0 bridgehead atoms. The molecule has 10 nitrogen and oxygen atoms in total. The topological polar surface area (TPSA) is 143 Å². The quantitative estimate of drug-likeness (QED) is 0.0289. The Morgan fingerprint density at radius 1 is 0.678 bits per heavy atom. The molecule has 1 fully saturated rings. The van der Waals surface area contributed by atoms with Gasteiger partial charge < -0.3 is 24.3 Å². The summed E-state index contributed by atoms with van der Waals surface area (Å²) in [7, 11) is 0. The minimum atomic E-state index is -0.614. The highest BCUT2D eigenvalue weighted by Crippen LogP contribution is 2.41. The first-order chi connectivity index (χ1) is 28.9. The highest BCUT2D eigenvalue weighted by molar-refractivity contribution is 7.99. The van der Waals surface area contributed by atoms with E-state index in [1.807, 2.05) is 109 Å². The maximum Gasteiger partial charge on any atom is 0.256 e. The van der Waals surface area contributed by atoms with Crippen LogP contribution >= 0.6 is 11.8 Å². The lowest BCUT2D eigenvalue weighted by Crippen LogP contribution is -2.31. The van der Waals surface area contributed by atoms with Crippen molar-refractivity contribution in [3.8, 4) is 33.7 Å². The molecule has 4 N–H and O–H groups in total. The number of aliphatic hydroxyl groups excluding tert-OH is 1. The Morgan fingerprint density at radius 2 is 1.34 bits per heavy atom. The first kappa shape index (κ1) is 41.6. The standard InChI is InChI=1S/C48H49N3O7S/c52-31-33-20-22-36(23-21-33)42-29-41(32-59-48-50-45(37-13-5-3-6-14-37)46(58-48)38-15-7-4-8-16-38)56-47(57-42)39-26-24-35(25-27-39)40-17-11-12-34(28-40)30-49-43(53)18-9-1-2-10-19-44(54)51-55/h3-8,11-17,20-28,41-42,47,52,55H,1-2,9-10,18-19,29-32H2,(H,49,53)(H,51,54). The number of unbranched alkanes of at least 4 members (excludes halogenated alkanes) is 3. The molecule has 3 atom stereocenters. The number of aromatic nitrogens is 1. The third-order valence-corrected chi connectivity index (χ3v) is 11.3. The van der Waals surface area contributed by atoms with Gasteiger partial charge in [0, 0.05) is 48.3 Å². The van der Waals surface area contributed by atoms with Crippen LogP contribution in [-0.2, 0) is 32.2 Å². The lowest BCUT2D eigenvalue weighted by atomic mass is 9.99. The number of nitrogens with zero attached hydrogens (tertiary/aromatic N) is 1. The monoisotopic (exact) mass is 811 g/mol. The summed E-state index contributed by atoms with van der Waals surface area (Å²) in [5, 5.41) is 21.8. The van der Waals surface area contributed by atoms with Gasteiger partial charge in [-0.15, -0.1) is 0 Å². The van der Waals surface area contributed by atoms with Gasteiger partial charge in [0.1, 0.15) is 5.69 Å². The van der Waals surface area contributed by atoms with Crippen LogP contribution in [0.15, 0.2) is 143 Å². The summed E-state index contributed by atoms with van der Waals surface area (Å²) in [6, 6.07) is 44.3. The zero-order valence-electron chi connectivity index (χ0n) is 32.8. The number of thioether (sulfide) groups is 1. The van der Waals surface area contributed by atoms with Crippen LogP contribution in [0.5, 0.6) is 0 Å². The van der Waals surface area contributed by atoms with Crippen molar-refractivity contribution in [3.63, 3.8) is 0 Å². The Labute approximate surface area is 349 Å². The number of hydrogen-bond donors (Lipinski definition) is 4. The maximum atomic E-state index is 12.5. The molecule has 5 aromatic carbocycles. The Balaban J connectivity index is 1.01. The second-order valence-electron chi connectivity index (χ2n) is 14.6. The van der Waals surface area contributed by atoms with Crippen molar-refractivity contribution in [1.82, 2.24) is 15.8 Å². The molecule has 0 spiro atoms. The Morgan fingerprint density at radius 3 is 2.03 bits per heavy atom. The van der Waals surface area contributed by atoms with Crippen molar-refractivity contribution in [2.75, 3.05) is 5.75 Å². The highest BCUT2D eigenvalue weighted by atomic mass is 32.2. The van der Waals surface area contributed by atoms with Crippen LogP contribution in [0.2, 0.25) is 0 Å². The number of carbonyl (C=O) groups excluding carboxylic acids is 2. The lowest BCUT2D eigenvalue weighted by molar-refractivity contribution is -0.245. The van der Waals surface area contributed by atoms with E-state index >= 15 is 0 Å². The molecule has 0 aliphatic carbocycles. The zero-order chi connectivity index (χ0) is 40.8. The van der Waals surface area contributed by atoms with E-state index in [-0.39, 0.29) is 37.0 Å². The van der Waals surface area contributed by atoms with Gasteiger partial charge in [-0.3, -0.25) is 14.8 Å². The van der Waals surface area contributed by atoms with Crippen LogP contribution < -0.4 is 10.8 Å². The van der Waals surface area contributed by atoms with Crippen molar-refractivity contribution in [3.05, 3.63) is 156 Å². The minimum Gasteiger partial charge on any atom is -0.431 e. The summed E-state index contributed by atoms with van der Waals surface area (Å²) in [6.07, 6.45) is 3.42. The molecule has 1 aliphatic heterocycles. The van der Waals surface area contributed by atoms with Gasteiger partial charge in [0.2, 0.25) is 11.8 Å². The van der Waals surface area contributed by atoms with Gasteiger partial charge in [0.15, 0.2) is 12.1 Å². The van der Waals surface area contributed by atoms with Gasteiger partial charge >= 0.3 is 0 Å². The molecule has 0 radical (unpaired) electrons. The first-order valence-corrected chi connectivity index (χ1v) is 21.1. The van der Waals surface area contributed by atoms with Crippen molar-refractivity contribution in [1.29, 1.82) is 0 Å². The van der Waals surface area contributed by atoms with Crippen molar-refractivity contribution >= 4 is 23.6 Å². The van der Waals surface area contributed by atoms with E-state index in [1.54, 1.807) is 5.48 Å². The molecule has 1 aromatic heterocycles. The van der Waals surface area contributed by atoms with E-state index in [0.717, 1.165) is 75.2 Å². The van der Waals surface area contributed by atoms with E-state index in [4.69, 9.17) is 24.1 Å². The van der Waals surface area contributed by atoms with Crippen molar-refractivity contribution < 1.29 is 33.8 Å². The number of benzene rings is 5. The fourth-order valence-electron chi connectivity index (χ4n) is 7.09. The molecule has 1 saturated heterocycles. The molecule has 304 valence electrons. The Kier molecular flexibility index (Phi) is 14.7. The third kappa shape index (κ3) is 11.6. The van der Waals surface area contributed by atoms with Crippen molar-refractivity contribution in [2.45, 2.75) is 81.8 Å². The van der Waals surface area contributed by atoms with Crippen LogP contribution in [-0.4, -0.2) is 39.0 Å². The van der Waals surface area contributed by atoms with Gasteiger partial charge in [-0.25, -0.2) is 10.5 Å². The maximum absolute atomic E-state index is 12.5. The summed E-state index contributed by atoms with van der Waals surface area (Å²) in [4.78, 5) is 28.6. The molecule has 3 unspecified atom stereocenters. The van der Waals surface area contributed by atoms with E-state index < -0.39 is 6.29 Å². The predicted octanol–water partition coefficient (Wildman–Crippen LogP) is 9.97. The summed E-state index contributed by atoms with van der Waals surface area (Å²) < 4.78 is 19.7. The zero-order valence-corrected chi connectivity index (χ0v) is 33.6. The number of rotatable bonds is 18. The molecular weight excluding hydrogens is 763 g/mol. The smallest absolute Gasteiger partial charge is 0.256 e. The van der Waals surface area contributed by atoms with Crippen LogP contribution in [0, 0.1) is 0 Å². The van der Waals surface area contributed by atoms with Crippen LogP contribution in [0.3, 0.4) is 0 Å². The lowest BCUT2D eigenvalue weighted by Gasteiger charge is -2.36. The Hall–Kier alpha value is -5.56. The predicted molar refractivity (Wildman–Crippen MR) is 228 cm³/mol. The van der Waals surface area contributed by atoms with Gasteiger partial charge in [0.05, 0.1) is 18.8 Å². The number of amides is 2. The summed E-state index contributed by atoms with van der Waals surface area (Å²) in [6.45, 7) is 0.407. The van der Waals surface area contributed by atoms with Crippen molar-refractivity contribution in [2.24, 2.45) is 0 Å². The van der Waals surface area contributed by atoms with Gasteiger partial charge in [0.25, 0.3) is 5.22 Å². The van der Waals surface area contributed by atoms with E-state index in [9.17, 15) is 14.7 Å². The normalized spacial score (nSPS) is 16.4. The molecule has 11 heteroatoms. The van der Waals surface area contributed by atoms with E-state index in [1.165, 1.54) is 11.8 Å². The average Bonchev–Trinajstić information content (AvgIpc) is 3.74. The molecule has 2 heterocycles. The number of carbonyl (C=O) groups is 2. The average molecular weight is 812 g/mol. The molecule has 7 rings (SSSR count). The second-order valence-corrected chi connectivity index (χ2v) is 15.6. The summed E-state index contributed by atoms with van der Waals surface area (Å²) in [5.41, 5.74) is 10.2. The largest absolute Gasteiger partial charge is 0.431 e. The number of nitrogens with one attached hydrogen (secondary N) is 2. The number of ether oxygens (including phenoxy) is 2. The number of oxazole rings is 1. The van der Waals surface area contributed by atoms with Crippen LogP contribution in [0.4, 0.5) is 0 Å². The SMILES string of the molecule is O=C(CCCCCCC(=O)NCc1cccc(-c2ccc(C3OC(CSc4nc(-c5ccccc5)c(-c5ccccc5)o4)CC(c4ccc(CO)cc4)O3)cc2)c1)NO. The van der Waals surface area contributed by atoms with Gasteiger partial charge in [-0.05, 0) is 46.7 Å². The van der Waals surface area contributed by atoms with Crippen LogP contribution in [0.25, 0.3) is 33.7 Å².